The number of carbonyl (C=O) groups is 2. The van der Waals surface area contributed by atoms with Crippen molar-refractivity contribution in [2.75, 3.05) is 38.2 Å². The maximum absolute atomic E-state index is 14.2. The summed E-state index contributed by atoms with van der Waals surface area (Å²) >= 11 is 6.41. The highest BCUT2D eigenvalue weighted by molar-refractivity contribution is 6.31. The first-order valence-corrected chi connectivity index (χ1v) is 14.5. The standard InChI is InChI=1S/C33H36ClN5O3/c1-24(40)39-17-7-16-37(22-25-8-5-4-6-9-25)18-19-38(23-27-10-13-28(34)20-31(27)39)33(41)32-21-30(35-36(32)2)26-11-14-29(42-3)15-12-26/h4-6,8-15,20-21H,7,16-19,22-23H2,1-3H3. The fourth-order valence-electron chi connectivity index (χ4n) is 5.39. The average Bonchev–Trinajstić information content (AvgIpc) is 3.37. The molecule has 0 N–H and O–H groups in total. The Morgan fingerprint density at radius 1 is 0.929 bits per heavy atom. The molecule has 2 amide bonds. The van der Waals surface area contributed by atoms with Crippen molar-refractivity contribution in [3.63, 3.8) is 0 Å². The summed E-state index contributed by atoms with van der Waals surface area (Å²) in [5.41, 5.74) is 4.92. The lowest BCUT2D eigenvalue weighted by Gasteiger charge is -2.28. The molecule has 8 nitrogen and oxygen atoms in total. The Balaban J connectivity index is 1.49. The lowest BCUT2D eigenvalue weighted by molar-refractivity contribution is -0.116. The number of carbonyl (C=O) groups excluding carboxylic acids is 2. The minimum atomic E-state index is -0.126. The number of halogens is 1. The molecule has 1 aliphatic rings. The van der Waals surface area contributed by atoms with Crippen LogP contribution in [0, 0.1) is 0 Å². The smallest absolute Gasteiger partial charge is 0.272 e. The maximum atomic E-state index is 14.2. The van der Waals surface area contributed by atoms with Gasteiger partial charge in [0.2, 0.25) is 5.91 Å². The zero-order valence-corrected chi connectivity index (χ0v) is 25.1. The molecule has 42 heavy (non-hydrogen) atoms. The molecule has 0 saturated carbocycles. The quantitative estimate of drug-likeness (QED) is 0.303. The maximum Gasteiger partial charge on any atom is 0.272 e. The van der Waals surface area contributed by atoms with Gasteiger partial charge in [-0.25, -0.2) is 0 Å². The van der Waals surface area contributed by atoms with Crippen molar-refractivity contribution in [1.29, 1.82) is 0 Å². The molecule has 0 saturated heterocycles. The third kappa shape index (κ3) is 6.83. The van der Waals surface area contributed by atoms with Gasteiger partial charge in [0.15, 0.2) is 0 Å². The minimum Gasteiger partial charge on any atom is -0.497 e. The highest BCUT2D eigenvalue weighted by Gasteiger charge is 2.26. The Bertz CT molecular complexity index is 1540. The Labute approximate surface area is 252 Å². The molecule has 0 fully saturated rings. The predicted octanol–water partition coefficient (Wildman–Crippen LogP) is 5.65. The lowest BCUT2D eigenvalue weighted by Crippen LogP contribution is -2.39. The number of anilines is 1. The third-order valence-corrected chi connectivity index (χ3v) is 7.88. The number of benzene rings is 3. The van der Waals surface area contributed by atoms with E-state index in [0.29, 0.717) is 42.6 Å². The highest BCUT2D eigenvalue weighted by atomic mass is 35.5. The predicted molar refractivity (Wildman–Crippen MR) is 166 cm³/mol. The van der Waals surface area contributed by atoms with Gasteiger partial charge >= 0.3 is 0 Å². The molecule has 0 radical (unpaired) electrons. The van der Waals surface area contributed by atoms with E-state index in [1.807, 2.05) is 71.6 Å². The van der Waals surface area contributed by atoms with Crippen LogP contribution in [0.4, 0.5) is 5.69 Å². The molecule has 1 aliphatic heterocycles. The summed E-state index contributed by atoms with van der Waals surface area (Å²) in [7, 11) is 3.42. The molecular formula is C33H36ClN5O3. The van der Waals surface area contributed by atoms with Crippen LogP contribution in [0.25, 0.3) is 11.3 Å². The van der Waals surface area contributed by atoms with E-state index in [9.17, 15) is 9.59 Å². The average molecular weight is 586 g/mol. The number of hydrogen-bond acceptors (Lipinski definition) is 5. The number of aromatic nitrogens is 2. The molecule has 2 heterocycles. The number of fused-ring (bicyclic) bond motifs is 1. The Morgan fingerprint density at radius 3 is 2.40 bits per heavy atom. The van der Waals surface area contributed by atoms with Gasteiger partial charge in [-0.2, -0.15) is 5.10 Å². The minimum absolute atomic E-state index is 0.0546. The third-order valence-electron chi connectivity index (χ3n) is 7.64. The first-order chi connectivity index (χ1) is 20.3. The van der Waals surface area contributed by atoms with E-state index in [1.54, 1.807) is 30.7 Å². The SMILES string of the molecule is COc1ccc(-c2cc(C(=O)N3CCN(Cc4ccccc4)CCCN(C(C)=O)c4cc(Cl)ccc4C3)n(C)n2)cc1. The summed E-state index contributed by atoms with van der Waals surface area (Å²) in [5, 5.41) is 5.20. The van der Waals surface area contributed by atoms with Gasteiger partial charge in [0.1, 0.15) is 11.4 Å². The summed E-state index contributed by atoms with van der Waals surface area (Å²) in [6.07, 6.45) is 0.791. The molecule has 0 bridgehead atoms. The number of methoxy groups -OCH3 is 1. The van der Waals surface area contributed by atoms with E-state index in [-0.39, 0.29) is 11.8 Å². The van der Waals surface area contributed by atoms with Gasteiger partial charge in [-0.1, -0.05) is 48.0 Å². The van der Waals surface area contributed by atoms with Gasteiger partial charge in [0.05, 0.1) is 18.5 Å². The zero-order valence-electron chi connectivity index (χ0n) is 24.3. The van der Waals surface area contributed by atoms with Crippen molar-refractivity contribution in [1.82, 2.24) is 19.6 Å². The van der Waals surface area contributed by atoms with Crippen molar-refractivity contribution in [2.45, 2.75) is 26.4 Å². The zero-order chi connectivity index (χ0) is 29.6. The van der Waals surface area contributed by atoms with Crippen molar-refractivity contribution in [3.05, 3.63) is 101 Å². The molecule has 4 aromatic rings. The van der Waals surface area contributed by atoms with Gasteiger partial charge in [-0.3, -0.25) is 19.2 Å². The molecule has 0 aliphatic carbocycles. The first-order valence-electron chi connectivity index (χ1n) is 14.1. The normalized spacial score (nSPS) is 14.7. The number of hydrogen-bond donors (Lipinski definition) is 0. The van der Waals surface area contributed by atoms with Crippen LogP contribution in [-0.2, 0) is 24.9 Å². The second kappa shape index (κ2) is 13.2. The second-order valence-corrected chi connectivity index (χ2v) is 11.0. The second-order valence-electron chi connectivity index (χ2n) is 10.6. The topological polar surface area (TPSA) is 70.9 Å². The van der Waals surface area contributed by atoms with Crippen molar-refractivity contribution >= 4 is 29.1 Å². The summed E-state index contributed by atoms with van der Waals surface area (Å²) in [6, 6.07) is 25.3. The van der Waals surface area contributed by atoms with Crippen molar-refractivity contribution < 1.29 is 14.3 Å². The molecule has 0 atom stereocenters. The van der Waals surface area contributed by atoms with Crippen LogP contribution in [0.15, 0.2) is 78.9 Å². The molecule has 9 heteroatoms. The molecular weight excluding hydrogens is 550 g/mol. The molecule has 218 valence electrons. The number of nitrogens with zero attached hydrogens (tertiary/aromatic N) is 5. The van der Waals surface area contributed by atoms with Crippen LogP contribution in [0.2, 0.25) is 5.02 Å². The van der Waals surface area contributed by atoms with Crippen LogP contribution >= 0.6 is 11.6 Å². The Kier molecular flexibility index (Phi) is 9.25. The van der Waals surface area contributed by atoms with Crippen LogP contribution in [0.3, 0.4) is 0 Å². The van der Waals surface area contributed by atoms with Gasteiger partial charge < -0.3 is 14.5 Å². The van der Waals surface area contributed by atoms with E-state index < -0.39 is 0 Å². The van der Waals surface area contributed by atoms with E-state index in [0.717, 1.165) is 42.1 Å². The molecule has 0 unspecified atom stereocenters. The summed E-state index contributed by atoms with van der Waals surface area (Å²) in [4.78, 5) is 33.0. The van der Waals surface area contributed by atoms with Crippen molar-refractivity contribution in [2.24, 2.45) is 7.05 Å². The van der Waals surface area contributed by atoms with E-state index in [2.05, 4.69) is 22.1 Å². The molecule has 5 rings (SSSR count). The highest BCUT2D eigenvalue weighted by Crippen LogP contribution is 2.29. The van der Waals surface area contributed by atoms with E-state index >= 15 is 0 Å². The molecule has 0 spiro atoms. The number of ether oxygens (including phenoxy) is 1. The number of aryl methyl sites for hydroxylation is 1. The first kappa shape index (κ1) is 29.4. The van der Waals surface area contributed by atoms with Gasteiger partial charge in [0.25, 0.3) is 5.91 Å². The number of rotatable bonds is 5. The summed E-state index contributed by atoms with van der Waals surface area (Å²) < 4.78 is 6.92. The number of amides is 2. The van der Waals surface area contributed by atoms with Gasteiger partial charge in [-0.15, -0.1) is 0 Å². The fourth-order valence-corrected chi connectivity index (χ4v) is 5.55. The Hall–Kier alpha value is -4.14. The van der Waals surface area contributed by atoms with Crippen LogP contribution in [-0.4, -0.2) is 64.7 Å². The lowest BCUT2D eigenvalue weighted by atomic mass is 10.1. The largest absolute Gasteiger partial charge is 0.497 e. The summed E-state index contributed by atoms with van der Waals surface area (Å²) in [5.74, 6) is 0.577. The van der Waals surface area contributed by atoms with Crippen LogP contribution < -0.4 is 9.64 Å². The molecule has 3 aromatic carbocycles. The molecule has 1 aromatic heterocycles. The van der Waals surface area contributed by atoms with E-state index in [4.69, 9.17) is 16.3 Å². The fraction of sp³-hybridized carbons (Fsp3) is 0.303. The van der Waals surface area contributed by atoms with Gasteiger partial charge in [0, 0.05) is 63.8 Å². The van der Waals surface area contributed by atoms with Crippen LogP contribution in [0.5, 0.6) is 5.75 Å². The Morgan fingerprint density at radius 2 is 1.69 bits per heavy atom. The monoisotopic (exact) mass is 585 g/mol. The van der Waals surface area contributed by atoms with Crippen molar-refractivity contribution in [3.8, 4) is 17.0 Å². The summed E-state index contributed by atoms with van der Waals surface area (Å²) in [6.45, 7) is 5.21. The van der Waals surface area contributed by atoms with Crippen LogP contribution in [0.1, 0.15) is 35.0 Å². The van der Waals surface area contributed by atoms with E-state index in [1.165, 1.54) is 5.56 Å². The van der Waals surface area contributed by atoms with Gasteiger partial charge in [-0.05, 0) is 60.0 Å².